The fraction of sp³-hybridized carbons (Fsp3) is 0.533. The highest BCUT2D eigenvalue weighted by molar-refractivity contribution is 5.89. The third kappa shape index (κ3) is 3.70. The average molecular weight is 261 g/mol. The number of benzene rings is 1. The Bertz CT molecular complexity index is 430. The Hall–Kier alpha value is -1.55. The van der Waals surface area contributed by atoms with E-state index < -0.39 is 0 Å². The highest BCUT2D eigenvalue weighted by Crippen LogP contribution is 2.14. The Morgan fingerprint density at radius 1 is 1.11 bits per heavy atom. The summed E-state index contributed by atoms with van der Waals surface area (Å²) in [7, 11) is 0. The molecule has 0 saturated carbocycles. The van der Waals surface area contributed by atoms with Crippen molar-refractivity contribution < 1.29 is 4.79 Å². The molecule has 0 bridgehead atoms. The molecular weight excluding hydrogens is 238 g/mol. The first-order valence-electron chi connectivity index (χ1n) is 6.95. The summed E-state index contributed by atoms with van der Waals surface area (Å²) in [5.41, 5.74) is 3.23. The molecule has 1 aromatic rings. The van der Waals surface area contributed by atoms with Gasteiger partial charge in [-0.15, -0.1) is 0 Å². The van der Waals surface area contributed by atoms with Crippen molar-refractivity contribution in [2.24, 2.45) is 0 Å². The predicted octanol–water partition coefficient (Wildman–Crippen LogP) is 2.47. The number of rotatable bonds is 2. The maximum atomic E-state index is 12.2. The van der Waals surface area contributed by atoms with Crippen molar-refractivity contribution in [2.75, 3.05) is 38.0 Å². The lowest BCUT2D eigenvalue weighted by Gasteiger charge is -2.34. The second-order valence-corrected chi connectivity index (χ2v) is 5.23. The molecule has 1 heterocycles. The van der Waals surface area contributed by atoms with Gasteiger partial charge >= 0.3 is 6.03 Å². The van der Waals surface area contributed by atoms with Gasteiger partial charge in [-0.2, -0.15) is 0 Å². The summed E-state index contributed by atoms with van der Waals surface area (Å²) in [4.78, 5) is 16.4. The van der Waals surface area contributed by atoms with Gasteiger partial charge < -0.3 is 15.1 Å². The van der Waals surface area contributed by atoms with E-state index in [1.807, 2.05) is 30.9 Å². The van der Waals surface area contributed by atoms with Gasteiger partial charge in [-0.25, -0.2) is 4.79 Å². The quantitative estimate of drug-likeness (QED) is 0.887. The summed E-state index contributed by atoms with van der Waals surface area (Å²) in [6.07, 6.45) is 0. The van der Waals surface area contributed by atoms with Gasteiger partial charge in [0.1, 0.15) is 0 Å². The molecule has 2 amide bonds. The number of carbonyl (C=O) groups is 1. The average Bonchev–Trinajstić information content (AvgIpc) is 2.37. The van der Waals surface area contributed by atoms with Crippen molar-refractivity contribution in [1.29, 1.82) is 0 Å². The van der Waals surface area contributed by atoms with Gasteiger partial charge in [0.15, 0.2) is 0 Å². The Balaban J connectivity index is 1.94. The lowest BCUT2D eigenvalue weighted by molar-refractivity contribution is 0.151. The van der Waals surface area contributed by atoms with E-state index >= 15 is 0 Å². The number of nitrogens with zero attached hydrogens (tertiary/aromatic N) is 2. The zero-order chi connectivity index (χ0) is 13.8. The monoisotopic (exact) mass is 261 g/mol. The van der Waals surface area contributed by atoms with E-state index in [2.05, 4.69) is 23.2 Å². The third-order valence-corrected chi connectivity index (χ3v) is 3.58. The fourth-order valence-corrected chi connectivity index (χ4v) is 2.52. The molecule has 2 rings (SSSR count). The number of carbonyl (C=O) groups excluding carboxylic acids is 1. The van der Waals surface area contributed by atoms with E-state index in [9.17, 15) is 4.79 Å². The van der Waals surface area contributed by atoms with Crippen molar-refractivity contribution in [3.05, 3.63) is 29.3 Å². The topological polar surface area (TPSA) is 35.6 Å². The van der Waals surface area contributed by atoms with Gasteiger partial charge in [0.2, 0.25) is 0 Å². The highest BCUT2D eigenvalue weighted by atomic mass is 16.2. The molecule has 0 atom stereocenters. The molecule has 4 nitrogen and oxygen atoms in total. The molecule has 104 valence electrons. The van der Waals surface area contributed by atoms with Gasteiger partial charge in [-0.3, -0.25) is 0 Å². The van der Waals surface area contributed by atoms with Crippen LogP contribution >= 0.6 is 0 Å². The normalized spacial score (nSPS) is 16.5. The lowest BCUT2D eigenvalue weighted by Crippen LogP contribution is -2.49. The number of hydrogen-bond acceptors (Lipinski definition) is 2. The maximum Gasteiger partial charge on any atom is 0.321 e. The molecule has 1 aliphatic rings. The predicted molar refractivity (Wildman–Crippen MR) is 78.6 cm³/mol. The summed E-state index contributed by atoms with van der Waals surface area (Å²) in [5.74, 6) is 0. The lowest BCUT2D eigenvalue weighted by atomic mass is 10.1. The van der Waals surface area contributed by atoms with Crippen molar-refractivity contribution in [2.45, 2.75) is 20.8 Å². The van der Waals surface area contributed by atoms with Crippen LogP contribution in [0.2, 0.25) is 0 Å². The van der Waals surface area contributed by atoms with Crippen LogP contribution in [-0.4, -0.2) is 48.6 Å². The van der Waals surface area contributed by atoms with Crippen molar-refractivity contribution >= 4 is 11.7 Å². The Kier molecular flexibility index (Phi) is 4.43. The van der Waals surface area contributed by atoms with Gasteiger partial charge in [0.25, 0.3) is 0 Å². The number of aryl methyl sites for hydroxylation is 2. The van der Waals surface area contributed by atoms with Gasteiger partial charge in [0, 0.05) is 31.9 Å². The van der Waals surface area contributed by atoms with Crippen LogP contribution in [0.15, 0.2) is 18.2 Å². The molecule has 0 radical (unpaired) electrons. The molecule has 1 saturated heterocycles. The van der Waals surface area contributed by atoms with Crippen molar-refractivity contribution in [3.8, 4) is 0 Å². The van der Waals surface area contributed by atoms with Crippen molar-refractivity contribution in [1.82, 2.24) is 9.80 Å². The molecule has 1 aliphatic heterocycles. The summed E-state index contributed by atoms with van der Waals surface area (Å²) in [5, 5.41) is 2.99. The number of anilines is 1. The third-order valence-electron chi connectivity index (χ3n) is 3.58. The molecular formula is C15H23N3O. The fourth-order valence-electron chi connectivity index (χ4n) is 2.52. The Morgan fingerprint density at radius 3 is 2.21 bits per heavy atom. The zero-order valence-corrected chi connectivity index (χ0v) is 12.1. The van der Waals surface area contributed by atoms with Gasteiger partial charge in [-0.1, -0.05) is 13.0 Å². The molecule has 0 spiro atoms. The smallest absolute Gasteiger partial charge is 0.321 e. The van der Waals surface area contributed by atoms with Crippen molar-refractivity contribution in [3.63, 3.8) is 0 Å². The molecule has 0 aromatic heterocycles. The first-order chi connectivity index (χ1) is 9.08. The minimum atomic E-state index is 0.0146. The largest absolute Gasteiger partial charge is 0.322 e. The van der Waals surface area contributed by atoms with Crippen LogP contribution in [0.4, 0.5) is 10.5 Å². The van der Waals surface area contributed by atoms with E-state index in [1.165, 1.54) is 11.1 Å². The van der Waals surface area contributed by atoms with Gasteiger partial charge in [-0.05, 0) is 43.7 Å². The van der Waals surface area contributed by atoms with Crippen LogP contribution in [0, 0.1) is 13.8 Å². The first-order valence-corrected chi connectivity index (χ1v) is 6.95. The number of hydrogen-bond donors (Lipinski definition) is 1. The zero-order valence-electron chi connectivity index (χ0n) is 12.1. The molecule has 1 N–H and O–H groups in total. The number of likely N-dealkylation sites (N-methyl/N-ethyl adjacent to an activating group) is 1. The van der Waals surface area contributed by atoms with Crippen LogP contribution in [0.5, 0.6) is 0 Å². The number of nitrogens with one attached hydrogen (secondary N) is 1. The minimum absolute atomic E-state index is 0.0146. The highest BCUT2D eigenvalue weighted by Gasteiger charge is 2.20. The van der Waals surface area contributed by atoms with E-state index in [4.69, 9.17) is 0 Å². The Labute approximate surface area is 115 Å². The van der Waals surface area contributed by atoms with E-state index in [-0.39, 0.29) is 6.03 Å². The molecule has 1 fully saturated rings. The summed E-state index contributed by atoms with van der Waals surface area (Å²) < 4.78 is 0. The molecule has 0 unspecified atom stereocenters. The van der Waals surface area contributed by atoms with E-state index in [0.29, 0.717) is 0 Å². The summed E-state index contributed by atoms with van der Waals surface area (Å²) in [6, 6.07) is 6.14. The number of amides is 2. The number of piperazine rings is 1. The maximum absolute atomic E-state index is 12.2. The second kappa shape index (κ2) is 6.06. The SMILES string of the molecule is CCN1CCN(C(=O)Nc2cc(C)cc(C)c2)CC1. The molecule has 19 heavy (non-hydrogen) atoms. The number of urea groups is 1. The summed E-state index contributed by atoms with van der Waals surface area (Å²) in [6.45, 7) is 10.9. The standard InChI is InChI=1S/C15H23N3O/c1-4-17-5-7-18(8-6-17)15(19)16-14-10-12(2)9-13(3)11-14/h9-11H,4-8H2,1-3H3,(H,16,19). The van der Waals surface area contributed by atoms with Crippen LogP contribution in [-0.2, 0) is 0 Å². The van der Waals surface area contributed by atoms with E-state index in [0.717, 1.165) is 38.4 Å². The first kappa shape index (κ1) is 13.9. The molecule has 0 aliphatic carbocycles. The second-order valence-electron chi connectivity index (χ2n) is 5.23. The molecule has 1 aromatic carbocycles. The minimum Gasteiger partial charge on any atom is -0.322 e. The van der Waals surface area contributed by atoms with Gasteiger partial charge in [0.05, 0.1) is 0 Å². The summed E-state index contributed by atoms with van der Waals surface area (Å²) >= 11 is 0. The van der Waals surface area contributed by atoms with Crippen LogP contribution in [0.3, 0.4) is 0 Å². The van der Waals surface area contributed by atoms with Crippen LogP contribution in [0.1, 0.15) is 18.1 Å². The Morgan fingerprint density at radius 2 is 1.68 bits per heavy atom. The van der Waals surface area contributed by atoms with Crippen LogP contribution < -0.4 is 5.32 Å². The molecule has 4 heteroatoms. The van der Waals surface area contributed by atoms with E-state index in [1.54, 1.807) is 0 Å². The van der Waals surface area contributed by atoms with Crippen LogP contribution in [0.25, 0.3) is 0 Å².